The van der Waals surface area contributed by atoms with Gasteiger partial charge < -0.3 is 14.2 Å². The van der Waals surface area contributed by atoms with Crippen LogP contribution in [0.15, 0.2) is 22.7 Å². The summed E-state index contributed by atoms with van der Waals surface area (Å²) in [6, 6.07) is 4.90. The molecule has 24 heavy (non-hydrogen) atoms. The second-order valence-corrected chi connectivity index (χ2v) is 6.57. The van der Waals surface area contributed by atoms with Crippen molar-refractivity contribution in [3.8, 4) is 5.75 Å². The van der Waals surface area contributed by atoms with Crippen LogP contribution < -0.4 is 4.74 Å². The predicted molar refractivity (Wildman–Crippen MR) is 89.5 cm³/mol. The molecule has 1 fully saturated rings. The molecule has 0 bridgehead atoms. The highest BCUT2D eigenvalue weighted by molar-refractivity contribution is 6.35. The van der Waals surface area contributed by atoms with Gasteiger partial charge in [-0.1, -0.05) is 28.4 Å². The molecule has 0 saturated carbocycles. The van der Waals surface area contributed by atoms with Crippen molar-refractivity contribution in [1.82, 2.24) is 15.0 Å². The van der Waals surface area contributed by atoms with E-state index >= 15 is 0 Å². The summed E-state index contributed by atoms with van der Waals surface area (Å²) in [6.07, 6.45) is 1.81. The van der Waals surface area contributed by atoms with E-state index in [0.29, 0.717) is 40.6 Å². The molecular weight excluding hydrogens is 353 g/mol. The lowest BCUT2D eigenvalue weighted by Crippen LogP contribution is -2.41. The van der Waals surface area contributed by atoms with E-state index in [1.807, 2.05) is 0 Å². The first kappa shape index (κ1) is 17.0. The Morgan fingerprint density at radius 1 is 1.46 bits per heavy atom. The summed E-state index contributed by atoms with van der Waals surface area (Å²) in [7, 11) is 0. The molecule has 1 saturated heterocycles. The minimum atomic E-state index is -0.0954. The standard InChI is InChI=1S/C16H17Cl2N3O3/c1-10-19-16(24-20-10)11-3-2-6-21(8-11)15(22)9-23-14-5-4-12(17)7-13(14)18/h4-5,7,11H,2-3,6,8-9H2,1H3. The van der Waals surface area contributed by atoms with Crippen molar-refractivity contribution in [2.75, 3.05) is 19.7 Å². The number of likely N-dealkylation sites (tertiary alicyclic amines) is 1. The van der Waals surface area contributed by atoms with Crippen molar-refractivity contribution in [3.05, 3.63) is 40.0 Å². The van der Waals surface area contributed by atoms with E-state index in [1.165, 1.54) is 0 Å². The van der Waals surface area contributed by atoms with Crippen molar-refractivity contribution in [3.63, 3.8) is 0 Å². The molecule has 0 N–H and O–H groups in total. The Hall–Kier alpha value is -1.79. The largest absolute Gasteiger partial charge is 0.482 e. The third-order valence-electron chi connectivity index (χ3n) is 3.91. The van der Waals surface area contributed by atoms with Gasteiger partial charge in [0, 0.05) is 18.1 Å². The number of aromatic nitrogens is 2. The van der Waals surface area contributed by atoms with E-state index in [1.54, 1.807) is 30.0 Å². The minimum absolute atomic E-state index is 0.0722. The Kier molecular flexibility index (Phi) is 5.26. The number of benzene rings is 1. The molecule has 1 aromatic carbocycles. The number of hydrogen-bond acceptors (Lipinski definition) is 5. The van der Waals surface area contributed by atoms with Crippen molar-refractivity contribution < 1.29 is 14.1 Å². The molecule has 2 heterocycles. The third kappa shape index (κ3) is 3.99. The second-order valence-electron chi connectivity index (χ2n) is 5.72. The number of amides is 1. The van der Waals surface area contributed by atoms with E-state index in [4.69, 9.17) is 32.5 Å². The fourth-order valence-electron chi connectivity index (χ4n) is 2.71. The number of ether oxygens (including phenoxy) is 1. The Bertz CT molecular complexity index is 735. The molecule has 1 atom stereocenters. The number of halogens is 2. The summed E-state index contributed by atoms with van der Waals surface area (Å²) in [6.45, 7) is 2.96. The highest BCUT2D eigenvalue weighted by Gasteiger charge is 2.28. The van der Waals surface area contributed by atoms with Crippen molar-refractivity contribution in [2.24, 2.45) is 0 Å². The highest BCUT2D eigenvalue weighted by atomic mass is 35.5. The lowest BCUT2D eigenvalue weighted by Gasteiger charge is -2.31. The Morgan fingerprint density at radius 2 is 2.29 bits per heavy atom. The molecule has 1 aliphatic heterocycles. The van der Waals surface area contributed by atoms with Gasteiger partial charge in [0.15, 0.2) is 12.4 Å². The van der Waals surface area contributed by atoms with Crippen LogP contribution in [0.25, 0.3) is 0 Å². The summed E-state index contributed by atoms with van der Waals surface area (Å²) in [5.74, 6) is 1.61. The maximum Gasteiger partial charge on any atom is 0.260 e. The van der Waals surface area contributed by atoms with E-state index in [0.717, 1.165) is 12.8 Å². The third-order valence-corrected chi connectivity index (χ3v) is 4.44. The number of nitrogens with zero attached hydrogens (tertiary/aromatic N) is 3. The van der Waals surface area contributed by atoms with Crippen LogP contribution in [0.4, 0.5) is 0 Å². The lowest BCUT2D eigenvalue weighted by atomic mass is 9.98. The van der Waals surface area contributed by atoms with Gasteiger partial charge in [0.25, 0.3) is 5.91 Å². The van der Waals surface area contributed by atoms with Crippen LogP contribution in [0.3, 0.4) is 0 Å². The molecule has 2 aromatic rings. The molecule has 0 radical (unpaired) electrons. The van der Waals surface area contributed by atoms with Gasteiger partial charge in [-0.3, -0.25) is 4.79 Å². The molecule has 6 nitrogen and oxygen atoms in total. The molecule has 1 aromatic heterocycles. The molecule has 128 valence electrons. The number of rotatable bonds is 4. The number of piperidine rings is 1. The molecule has 0 spiro atoms. The predicted octanol–water partition coefficient (Wildman–Crippen LogP) is 3.47. The maximum absolute atomic E-state index is 12.4. The normalized spacial score (nSPS) is 17.8. The monoisotopic (exact) mass is 369 g/mol. The summed E-state index contributed by atoms with van der Waals surface area (Å²) in [4.78, 5) is 18.4. The van der Waals surface area contributed by atoms with Gasteiger partial charge in [0.1, 0.15) is 5.75 Å². The number of aryl methyl sites for hydroxylation is 1. The van der Waals surface area contributed by atoms with Gasteiger partial charge in [0.2, 0.25) is 5.89 Å². The molecule has 8 heteroatoms. The Morgan fingerprint density at radius 3 is 3.00 bits per heavy atom. The molecule has 1 unspecified atom stereocenters. The van der Waals surface area contributed by atoms with Crippen molar-refractivity contribution in [2.45, 2.75) is 25.7 Å². The second kappa shape index (κ2) is 7.40. The molecule has 1 aliphatic rings. The molecular formula is C16H17Cl2N3O3. The van der Waals surface area contributed by atoms with Gasteiger partial charge in [0.05, 0.1) is 10.9 Å². The zero-order valence-electron chi connectivity index (χ0n) is 13.2. The van der Waals surface area contributed by atoms with Crippen LogP contribution in [0.5, 0.6) is 5.75 Å². The van der Waals surface area contributed by atoms with E-state index in [9.17, 15) is 4.79 Å². The Labute approximate surface area is 149 Å². The Balaban J connectivity index is 1.58. The SMILES string of the molecule is Cc1noc(C2CCCN(C(=O)COc3ccc(Cl)cc3Cl)C2)n1. The summed E-state index contributed by atoms with van der Waals surface area (Å²) in [5, 5.41) is 4.72. The molecule has 1 amide bonds. The van der Waals surface area contributed by atoms with Crippen LogP contribution in [-0.4, -0.2) is 40.6 Å². The zero-order valence-corrected chi connectivity index (χ0v) is 14.7. The first-order valence-corrected chi connectivity index (χ1v) is 8.44. The lowest BCUT2D eigenvalue weighted by molar-refractivity contribution is -0.134. The fraction of sp³-hybridized carbons (Fsp3) is 0.438. The quantitative estimate of drug-likeness (QED) is 0.824. The van der Waals surface area contributed by atoms with Gasteiger partial charge in [-0.05, 0) is 38.0 Å². The average molecular weight is 370 g/mol. The van der Waals surface area contributed by atoms with Crippen LogP contribution in [0.1, 0.15) is 30.5 Å². The maximum atomic E-state index is 12.4. The van der Waals surface area contributed by atoms with Gasteiger partial charge in [-0.15, -0.1) is 0 Å². The van der Waals surface area contributed by atoms with Crippen LogP contribution >= 0.6 is 23.2 Å². The first-order chi connectivity index (χ1) is 11.5. The highest BCUT2D eigenvalue weighted by Crippen LogP contribution is 2.28. The molecule has 0 aliphatic carbocycles. The summed E-state index contributed by atoms with van der Waals surface area (Å²) < 4.78 is 10.7. The topological polar surface area (TPSA) is 68.5 Å². The number of hydrogen-bond donors (Lipinski definition) is 0. The zero-order chi connectivity index (χ0) is 17.1. The first-order valence-electron chi connectivity index (χ1n) is 7.69. The van der Waals surface area contributed by atoms with Crippen molar-refractivity contribution in [1.29, 1.82) is 0 Å². The smallest absolute Gasteiger partial charge is 0.260 e. The van der Waals surface area contributed by atoms with Crippen LogP contribution in [0, 0.1) is 6.92 Å². The summed E-state index contributed by atoms with van der Waals surface area (Å²) >= 11 is 11.9. The van der Waals surface area contributed by atoms with Crippen molar-refractivity contribution >= 4 is 29.1 Å². The average Bonchev–Trinajstić information content (AvgIpc) is 3.00. The minimum Gasteiger partial charge on any atom is -0.482 e. The fourth-order valence-corrected chi connectivity index (χ4v) is 3.17. The number of carbonyl (C=O) groups excluding carboxylic acids is 1. The van der Waals surface area contributed by atoms with Crippen LogP contribution in [0.2, 0.25) is 10.0 Å². The van der Waals surface area contributed by atoms with Gasteiger partial charge >= 0.3 is 0 Å². The van der Waals surface area contributed by atoms with E-state index < -0.39 is 0 Å². The molecule has 3 rings (SSSR count). The van der Waals surface area contributed by atoms with Crippen LogP contribution in [-0.2, 0) is 4.79 Å². The van der Waals surface area contributed by atoms with E-state index in [-0.39, 0.29) is 18.4 Å². The number of carbonyl (C=O) groups is 1. The van der Waals surface area contributed by atoms with Gasteiger partial charge in [-0.25, -0.2) is 0 Å². The van der Waals surface area contributed by atoms with E-state index in [2.05, 4.69) is 10.1 Å². The van der Waals surface area contributed by atoms with Gasteiger partial charge in [-0.2, -0.15) is 4.98 Å². The summed E-state index contributed by atoms with van der Waals surface area (Å²) in [5.41, 5.74) is 0.